The van der Waals surface area contributed by atoms with E-state index in [0.29, 0.717) is 13.0 Å². The van der Waals surface area contributed by atoms with Gasteiger partial charge in [0.05, 0.1) is 6.54 Å². The zero-order valence-corrected chi connectivity index (χ0v) is 12.1. The van der Waals surface area contributed by atoms with Gasteiger partial charge in [-0.25, -0.2) is 0 Å². The second kappa shape index (κ2) is 5.52. The van der Waals surface area contributed by atoms with Gasteiger partial charge in [-0.2, -0.15) is 0 Å². The predicted octanol–water partition coefficient (Wildman–Crippen LogP) is 0.933. The number of aromatic nitrogens is 3. The van der Waals surface area contributed by atoms with Crippen molar-refractivity contribution in [3.8, 4) is 0 Å². The molecule has 0 bridgehead atoms. The first-order chi connectivity index (χ1) is 9.72. The first-order valence-corrected chi connectivity index (χ1v) is 7.56. The van der Waals surface area contributed by atoms with Crippen molar-refractivity contribution in [1.29, 1.82) is 0 Å². The van der Waals surface area contributed by atoms with Crippen LogP contribution in [0, 0.1) is 0 Å². The van der Waals surface area contributed by atoms with Crippen LogP contribution in [0.5, 0.6) is 0 Å². The Bertz CT molecular complexity index is 478. The quantitative estimate of drug-likeness (QED) is 0.893. The summed E-state index contributed by atoms with van der Waals surface area (Å²) >= 11 is 0. The smallest absolute Gasteiger partial charge is 0.224 e. The number of hydrogen-bond donors (Lipinski definition) is 1. The van der Waals surface area contributed by atoms with Crippen molar-refractivity contribution in [3.63, 3.8) is 0 Å². The van der Waals surface area contributed by atoms with E-state index < -0.39 is 0 Å². The summed E-state index contributed by atoms with van der Waals surface area (Å²) in [5.41, 5.74) is 0.0143. The van der Waals surface area contributed by atoms with Gasteiger partial charge < -0.3 is 14.8 Å². The van der Waals surface area contributed by atoms with Gasteiger partial charge in [-0.15, -0.1) is 10.2 Å². The fourth-order valence-electron chi connectivity index (χ4n) is 3.42. The number of nitrogens with one attached hydrogen (secondary N) is 1. The van der Waals surface area contributed by atoms with Crippen LogP contribution in [0.2, 0.25) is 0 Å². The van der Waals surface area contributed by atoms with Crippen LogP contribution in [-0.2, 0) is 17.9 Å². The monoisotopic (exact) mass is 277 g/mol. The zero-order chi connectivity index (χ0) is 14.0. The molecule has 1 amide bonds. The lowest BCUT2D eigenvalue weighted by Crippen LogP contribution is -2.50. The molecule has 1 aliphatic heterocycles. The molecule has 0 saturated heterocycles. The molecule has 6 nitrogen and oxygen atoms in total. The maximum absolute atomic E-state index is 12.6. The van der Waals surface area contributed by atoms with E-state index in [1.807, 2.05) is 16.5 Å². The van der Waals surface area contributed by atoms with Gasteiger partial charge >= 0.3 is 0 Å². The van der Waals surface area contributed by atoms with E-state index in [1.165, 1.54) is 19.3 Å². The summed E-state index contributed by atoms with van der Waals surface area (Å²) in [6.45, 7) is 2.17. The van der Waals surface area contributed by atoms with Crippen LogP contribution in [0.1, 0.15) is 44.3 Å². The van der Waals surface area contributed by atoms with Crippen LogP contribution in [0.3, 0.4) is 0 Å². The molecule has 0 radical (unpaired) electrons. The summed E-state index contributed by atoms with van der Waals surface area (Å²) in [5.74, 6) is 1.14. The van der Waals surface area contributed by atoms with Crippen LogP contribution in [0.25, 0.3) is 0 Å². The van der Waals surface area contributed by atoms with Crippen molar-refractivity contribution < 1.29 is 4.79 Å². The summed E-state index contributed by atoms with van der Waals surface area (Å²) < 4.78 is 2.03. The van der Waals surface area contributed by atoms with Crippen molar-refractivity contribution in [2.45, 2.75) is 57.2 Å². The number of rotatable bonds is 3. The Hall–Kier alpha value is -1.43. The standard InChI is InChI=1S/C14H23N5O/c1-15-14(5-3-2-4-6-14)9-13(20)18-7-8-19-11-16-17-12(19)10-18/h11,15H,2-10H2,1H3. The van der Waals surface area contributed by atoms with Crippen LogP contribution in [0.15, 0.2) is 6.33 Å². The van der Waals surface area contributed by atoms with Gasteiger partial charge in [0.1, 0.15) is 6.33 Å². The highest BCUT2D eigenvalue weighted by molar-refractivity contribution is 5.77. The summed E-state index contributed by atoms with van der Waals surface area (Å²) in [6, 6.07) is 0. The molecule has 0 aromatic carbocycles. The molecule has 1 N–H and O–H groups in total. The van der Waals surface area contributed by atoms with Crippen molar-refractivity contribution in [3.05, 3.63) is 12.2 Å². The molecule has 1 fully saturated rings. The topological polar surface area (TPSA) is 63.1 Å². The normalized spacial score (nSPS) is 21.6. The predicted molar refractivity (Wildman–Crippen MR) is 74.9 cm³/mol. The summed E-state index contributed by atoms with van der Waals surface area (Å²) in [4.78, 5) is 14.5. The maximum atomic E-state index is 12.6. The van der Waals surface area contributed by atoms with E-state index in [1.54, 1.807) is 6.33 Å². The number of hydrogen-bond acceptors (Lipinski definition) is 4. The van der Waals surface area contributed by atoms with Gasteiger partial charge in [0.25, 0.3) is 0 Å². The van der Waals surface area contributed by atoms with E-state index >= 15 is 0 Å². The third-order valence-corrected chi connectivity index (χ3v) is 4.82. The molecule has 0 atom stereocenters. The Morgan fingerprint density at radius 3 is 2.90 bits per heavy atom. The van der Waals surface area contributed by atoms with E-state index in [0.717, 1.165) is 31.8 Å². The molecule has 1 aliphatic carbocycles. The third-order valence-electron chi connectivity index (χ3n) is 4.82. The van der Waals surface area contributed by atoms with Gasteiger partial charge in [-0.05, 0) is 19.9 Å². The van der Waals surface area contributed by atoms with Crippen molar-refractivity contribution in [1.82, 2.24) is 25.0 Å². The Morgan fingerprint density at radius 2 is 2.15 bits per heavy atom. The molecule has 0 spiro atoms. The van der Waals surface area contributed by atoms with Gasteiger partial charge in [0.15, 0.2) is 5.82 Å². The highest BCUT2D eigenvalue weighted by atomic mass is 16.2. The number of nitrogens with zero attached hydrogens (tertiary/aromatic N) is 4. The van der Waals surface area contributed by atoms with Crippen molar-refractivity contribution in [2.75, 3.05) is 13.6 Å². The average molecular weight is 277 g/mol. The Labute approximate surface area is 119 Å². The van der Waals surface area contributed by atoms with Crippen molar-refractivity contribution >= 4 is 5.91 Å². The number of carbonyl (C=O) groups is 1. The lowest BCUT2D eigenvalue weighted by atomic mass is 9.79. The summed E-state index contributed by atoms with van der Waals surface area (Å²) in [6.07, 6.45) is 8.32. The molecule has 0 unspecified atom stereocenters. The average Bonchev–Trinajstić information content (AvgIpc) is 2.95. The van der Waals surface area contributed by atoms with E-state index in [4.69, 9.17) is 0 Å². The van der Waals surface area contributed by atoms with Crippen LogP contribution >= 0.6 is 0 Å². The van der Waals surface area contributed by atoms with E-state index in [2.05, 4.69) is 15.5 Å². The maximum Gasteiger partial charge on any atom is 0.224 e. The summed E-state index contributed by atoms with van der Waals surface area (Å²) in [5, 5.41) is 11.4. The van der Waals surface area contributed by atoms with Gasteiger partial charge in [0.2, 0.25) is 5.91 Å². The Kier molecular flexibility index (Phi) is 3.74. The minimum Gasteiger partial charge on any atom is -0.333 e. The highest BCUT2D eigenvalue weighted by Crippen LogP contribution is 2.31. The fourth-order valence-corrected chi connectivity index (χ4v) is 3.42. The lowest BCUT2D eigenvalue weighted by Gasteiger charge is -2.38. The number of fused-ring (bicyclic) bond motifs is 1. The van der Waals surface area contributed by atoms with Crippen LogP contribution < -0.4 is 5.32 Å². The Morgan fingerprint density at radius 1 is 1.35 bits per heavy atom. The molecular formula is C14H23N5O. The molecule has 3 rings (SSSR count). The van der Waals surface area contributed by atoms with Gasteiger partial charge in [-0.1, -0.05) is 19.3 Å². The molecule has 20 heavy (non-hydrogen) atoms. The molecule has 2 heterocycles. The molecule has 6 heteroatoms. The molecule has 1 aromatic rings. The number of carbonyl (C=O) groups excluding carboxylic acids is 1. The first-order valence-electron chi connectivity index (χ1n) is 7.56. The lowest BCUT2D eigenvalue weighted by molar-refractivity contribution is -0.134. The molecule has 110 valence electrons. The van der Waals surface area contributed by atoms with Crippen LogP contribution in [-0.4, -0.2) is 44.7 Å². The van der Waals surface area contributed by atoms with Crippen LogP contribution in [0.4, 0.5) is 0 Å². The SMILES string of the molecule is CNC1(CC(=O)N2CCn3cnnc3C2)CCCCC1. The first kappa shape index (κ1) is 13.5. The second-order valence-corrected chi connectivity index (χ2v) is 6.02. The van der Waals surface area contributed by atoms with Gasteiger partial charge in [-0.3, -0.25) is 4.79 Å². The van der Waals surface area contributed by atoms with Crippen molar-refractivity contribution in [2.24, 2.45) is 0 Å². The minimum absolute atomic E-state index is 0.0143. The molecule has 2 aliphatic rings. The largest absolute Gasteiger partial charge is 0.333 e. The van der Waals surface area contributed by atoms with Gasteiger partial charge in [0, 0.05) is 25.0 Å². The minimum atomic E-state index is 0.0143. The number of amides is 1. The molecular weight excluding hydrogens is 254 g/mol. The van der Waals surface area contributed by atoms with E-state index in [9.17, 15) is 4.79 Å². The fraction of sp³-hybridized carbons (Fsp3) is 0.786. The molecule has 1 saturated carbocycles. The van der Waals surface area contributed by atoms with E-state index in [-0.39, 0.29) is 11.4 Å². The second-order valence-electron chi connectivity index (χ2n) is 6.02. The zero-order valence-electron chi connectivity index (χ0n) is 12.1. The third kappa shape index (κ3) is 2.57. The summed E-state index contributed by atoms with van der Waals surface area (Å²) in [7, 11) is 1.99. The molecule has 1 aromatic heterocycles. The highest BCUT2D eigenvalue weighted by Gasteiger charge is 2.34. The Balaban J connectivity index is 1.64.